The molecular formula is C9H12N2O. The lowest BCUT2D eigenvalue weighted by Gasteiger charge is -2.24. The third kappa shape index (κ3) is 0.975. The number of nitrogens with zero attached hydrogens (tertiary/aromatic N) is 2. The molecule has 3 nitrogen and oxygen atoms in total. The van der Waals surface area contributed by atoms with E-state index in [1.54, 1.807) is 7.11 Å². The van der Waals surface area contributed by atoms with Crippen molar-refractivity contribution in [2.24, 2.45) is 4.99 Å². The first-order chi connectivity index (χ1) is 5.83. The molecule has 64 valence electrons. The van der Waals surface area contributed by atoms with Gasteiger partial charge < -0.3 is 9.64 Å². The number of aliphatic imine (C=N–C) groups is 1. The van der Waals surface area contributed by atoms with E-state index >= 15 is 0 Å². The van der Waals surface area contributed by atoms with E-state index in [-0.39, 0.29) is 12.3 Å². The molecule has 0 radical (unpaired) electrons. The number of hydrogen-bond donors (Lipinski definition) is 0. The van der Waals surface area contributed by atoms with Gasteiger partial charge in [0.25, 0.3) is 0 Å². The summed E-state index contributed by atoms with van der Waals surface area (Å²) >= 11 is 0. The van der Waals surface area contributed by atoms with Gasteiger partial charge in [-0.25, -0.2) is 0 Å². The standard InChI is InChI=1S/C9H12N2O/c1-7-9(12-2)11-6-4-3-5-8(11)10-7/h3-7,9H,1-2H3/t7-,9?/m1/s1. The van der Waals surface area contributed by atoms with Gasteiger partial charge in [-0.15, -0.1) is 0 Å². The van der Waals surface area contributed by atoms with E-state index in [9.17, 15) is 0 Å². The van der Waals surface area contributed by atoms with Crippen molar-refractivity contribution in [3.05, 3.63) is 24.4 Å². The average Bonchev–Trinajstić information content (AvgIpc) is 2.40. The maximum atomic E-state index is 5.32. The molecule has 0 saturated carbocycles. The molecule has 2 atom stereocenters. The summed E-state index contributed by atoms with van der Waals surface area (Å²) < 4.78 is 5.32. The maximum Gasteiger partial charge on any atom is 0.157 e. The molecule has 2 aliphatic rings. The van der Waals surface area contributed by atoms with Crippen LogP contribution in [0.4, 0.5) is 0 Å². The molecule has 0 bridgehead atoms. The zero-order valence-corrected chi connectivity index (χ0v) is 7.27. The first kappa shape index (κ1) is 7.55. The van der Waals surface area contributed by atoms with E-state index in [0.717, 1.165) is 5.84 Å². The Labute approximate surface area is 72.0 Å². The van der Waals surface area contributed by atoms with Gasteiger partial charge in [-0.3, -0.25) is 4.99 Å². The predicted molar refractivity (Wildman–Crippen MR) is 47.8 cm³/mol. The van der Waals surface area contributed by atoms with Gasteiger partial charge in [0.05, 0.1) is 6.04 Å². The Bertz CT molecular complexity index is 268. The third-order valence-electron chi connectivity index (χ3n) is 2.13. The van der Waals surface area contributed by atoms with Crippen LogP contribution < -0.4 is 0 Å². The molecule has 3 heteroatoms. The molecule has 0 aromatic heterocycles. The topological polar surface area (TPSA) is 24.8 Å². The van der Waals surface area contributed by atoms with Gasteiger partial charge in [0.2, 0.25) is 0 Å². The molecule has 0 aromatic carbocycles. The molecule has 0 aromatic rings. The highest BCUT2D eigenvalue weighted by Gasteiger charge is 2.31. The van der Waals surface area contributed by atoms with Crippen LogP contribution >= 0.6 is 0 Å². The molecule has 0 amide bonds. The summed E-state index contributed by atoms with van der Waals surface area (Å²) in [5.74, 6) is 0.997. The SMILES string of the molecule is COC1[C@@H](C)N=C2C=CC=CN21. The minimum Gasteiger partial charge on any atom is -0.359 e. The summed E-state index contributed by atoms with van der Waals surface area (Å²) in [6, 6.07) is 0.220. The van der Waals surface area contributed by atoms with E-state index in [0.29, 0.717) is 0 Å². The Balaban J connectivity index is 2.27. The normalized spacial score (nSPS) is 32.2. The number of ether oxygens (including phenoxy) is 1. The first-order valence-electron chi connectivity index (χ1n) is 4.07. The van der Waals surface area contributed by atoms with Crippen molar-refractivity contribution in [2.75, 3.05) is 7.11 Å². The van der Waals surface area contributed by atoms with Crippen LogP contribution in [0.15, 0.2) is 29.4 Å². The van der Waals surface area contributed by atoms with Crippen molar-refractivity contribution in [3.8, 4) is 0 Å². The summed E-state index contributed by atoms with van der Waals surface area (Å²) in [5.41, 5.74) is 0. The summed E-state index contributed by atoms with van der Waals surface area (Å²) in [6.45, 7) is 2.06. The molecule has 2 rings (SSSR count). The Hall–Kier alpha value is -1.09. The highest BCUT2D eigenvalue weighted by atomic mass is 16.5. The number of fused-ring (bicyclic) bond motifs is 1. The van der Waals surface area contributed by atoms with Crippen LogP contribution in [-0.2, 0) is 4.74 Å². The Kier molecular flexibility index (Phi) is 1.73. The van der Waals surface area contributed by atoms with Gasteiger partial charge in [0.15, 0.2) is 6.23 Å². The van der Waals surface area contributed by atoms with Crippen molar-refractivity contribution >= 4 is 5.84 Å². The highest BCUT2D eigenvalue weighted by molar-refractivity contribution is 5.96. The summed E-state index contributed by atoms with van der Waals surface area (Å²) in [4.78, 5) is 6.49. The van der Waals surface area contributed by atoms with Gasteiger partial charge in [-0.1, -0.05) is 6.08 Å². The van der Waals surface area contributed by atoms with Crippen LogP contribution in [0.5, 0.6) is 0 Å². The number of methoxy groups -OCH3 is 1. The van der Waals surface area contributed by atoms with Gasteiger partial charge in [0.1, 0.15) is 5.84 Å². The van der Waals surface area contributed by atoms with Gasteiger partial charge in [-0.2, -0.15) is 0 Å². The van der Waals surface area contributed by atoms with E-state index < -0.39 is 0 Å². The number of rotatable bonds is 1. The summed E-state index contributed by atoms with van der Waals surface area (Å²) in [6.07, 6.45) is 8.04. The smallest absolute Gasteiger partial charge is 0.157 e. The second-order valence-electron chi connectivity index (χ2n) is 2.96. The molecule has 12 heavy (non-hydrogen) atoms. The molecule has 0 aliphatic carbocycles. The largest absolute Gasteiger partial charge is 0.359 e. The second-order valence-corrected chi connectivity index (χ2v) is 2.96. The fourth-order valence-corrected chi connectivity index (χ4v) is 1.59. The van der Waals surface area contributed by atoms with Crippen LogP contribution in [0, 0.1) is 0 Å². The van der Waals surface area contributed by atoms with Crippen molar-refractivity contribution in [1.29, 1.82) is 0 Å². The Morgan fingerprint density at radius 1 is 1.50 bits per heavy atom. The second kappa shape index (κ2) is 2.75. The fraction of sp³-hybridized carbons (Fsp3) is 0.444. The van der Waals surface area contributed by atoms with Gasteiger partial charge in [-0.05, 0) is 19.1 Å². The molecular weight excluding hydrogens is 152 g/mol. The zero-order chi connectivity index (χ0) is 8.55. The number of amidine groups is 1. The maximum absolute atomic E-state index is 5.32. The third-order valence-corrected chi connectivity index (χ3v) is 2.13. The van der Waals surface area contributed by atoms with Crippen molar-refractivity contribution in [2.45, 2.75) is 19.2 Å². The highest BCUT2D eigenvalue weighted by Crippen LogP contribution is 2.21. The molecule has 0 fully saturated rings. The number of hydrogen-bond acceptors (Lipinski definition) is 3. The molecule has 0 N–H and O–H groups in total. The molecule has 0 spiro atoms. The molecule has 0 saturated heterocycles. The Morgan fingerprint density at radius 2 is 2.33 bits per heavy atom. The van der Waals surface area contributed by atoms with E-state index in [4.69, 9.17) is 4.74 Å². The zero-order valence-electron chi connectivity index (χ0n) is 7.27. The van der Waals surface area contributed by atoms with Crippen LogP contribution in [-0.4, -0.2) is 30.1 Å². The van der Waals surface area contributed by atoms with E-state index in [1.807, 2.05) is 29.3 Å². The van der Waals surface area contributed by atoms with Crippen LogP contribution in [0.2, 0.25) is 0 Å². The minimum atomic E-state index is 0.0706. The lowest BCUT2D eigenvalue weighted by molar-refractivity contribution is 0.0270. The average molecular weight is 164 g/mol. The Morgan fingerprint density at radius 3 is 3.08 bits per heavy atom. The summed E-state index contributed by atoms with van der Waals surface area (Å²) in [7, 11) is 1.71. The fourth-order valence-electron chi connectivity index (χ4n) is 1.59. The van der Waals surface area contributed by atoms with Gasteiger partial charge >= 0.3 is 0 Å². The quantitative estimate of drug-likeness (QED) is 0.580. The molecule has 2 heterocycles. The molecule has 1 unspecified atom stereocenters. The lowest BCUT2D eigenvalue weighted by Crippen LogP contribution is -2.36. The monoisotopic (exact) mass is 164 g/mol. The number of allylic oxidation sites excluding steroid dienone is 2. The summed E-state index contributed by atoms with van der Waals surface area (Å²) in [5, 5.41) is 0. The lowest BCUT2D eigenvalue weighted by atomic mass is 10.3. The van der Waals surface area contributed by atoms with Crippen molar-refractivity contribution < 1.29 is 4.74 Å². The first-order valence-corrected chi connectivity index (χ1v) is 4.07. The predicted octanol–water partition coefficient (Wildman–Crippen LogP) is 1.15. The van der Waals surface area contributed by atoms with Crippen molar-refractivity contribution in [1.82, 2.24) is 4.90 Å². The van der Waals surface area contributed by atoms with Gasteiger partial charge in [0, 0.05) is 13.3 Å². The van der Waals surface area contributed by atoms with Crippen LogP contribution in [0.1, 0.15) is 6.92 Å². The molecule has 2 aliphatic heterocycles. The van der Waals surface area contributed by atoms with E-state index in [1.165, 1.54) is 0 Å². The minimum absolute atomic E-state index is 0.0706. The van der Waals surface area contributed by atoms with Crippen molar-refractivity contribution in [3.63, 3.8) is 0 Å². The van der Waals surface area contributed by atoms with E-state index in [2.05, 4.69) is 11.9 Å². The van der Waals surface area contributed by atoms with Crippen LogP contribution in [0.25, 0.3) is 0 Å². The van der Waals surface area contributed by atoms with Crippen LogP contribution in [0.3, 0.4) is 0 Å².